The number of anilines is 6. The molecule has 0 fully saturated rings. The first-order valence-electron chi connectivity index (χ1n) is 50.5. The molecule has 2 aliphatic heterocycles. The third-order valence-corrected chi connectivity index (χ3v) is 17.2. The predicted octanol–water partition coefficient (Wildman–Crippen LogP) is 22.0. The molecule has 19 rings (SSSR count). The third-order valence-electron chi connectivity index (χ3n) is 17.2. The highest BCUT2D eigenvalue weighted by atomic mass is 16.3. The van der Waals surface area contributed by atoms with Crippen molar-refractivity contribution < 1.29 is 66.4 Å². The summed E-state index contributed by atoms with van der Waals surface area (Å²) in [6.45, 7) is 8.35. The van der Waals surface area contributed by atoms with Gasteiger partial charge in [0, 0.05) is 88.3 Å². The normalized spacial score (nSPS) is 19.5. The summed E-state index contributed by atoms with van der Waals surface area (Å²) < 4.78 is 429. The summed E-state index contributed by atoms with van der Waals surface area (Å²) in [7, 11) is 0. The van der Waals surface area contributed by atoms with E-state index in [9.17, 15) is 49.3 Å². The zero-order valence-corrected chi connectivity index (χ0v) is 50.3. The molecule has 17 aromatic rings. The summed E-state index contributed by atoms with van der Waals surface area (Å²) in [6, 6.07) is -39.9. The third kappa shape index (κ3) is 7.79. The Balaban J connectivity index is 1.16. The van der Waals surface area contributed by atoms with Crippen LogP contribution in [0, 0.1) is 6.92 Å². The number of hydrogen-bond acceptors (Lipinski definition) is 4. The lowest BCUT2D eigenvalue weighted by atomic mass is 9.33. The molecule has 0 bridgehead atoms. The van der Waals surface area contributed by atoms with Crippen LogP contribution in [0.1, 0.15) is 116 Å². The van der Waals surface area contributed by atoms with Gasteiger partial charge in [-0.3, -0.25) is 0 Å². The van der Waals surface area contributed by atoms with Gasteiger partial charge in [0.15, 0.2) is 11.2 Å². The SMILES string of the molecule is [2H]c1c([2H])c([2H])c(-c2c([2H])c(C(C)(C)C)c3c(oc4c([2H])c([2H])c([2H])c([2H])c43)c2N2c3cc(C)cc4c3B(c3c([2H])c([2H])c(-n5c6c([2H])c([2H])c([2H])c([2H])c6c6c([2H])c([2H])c([2H])c([2H])c65)c([2H])c32)c2c([2H])c([2H])c(-n3c5c([2H])c([2H])c([2H])c([2H])c5c5c([2H])c([2H])c([2H])c([2H])c53)c([2H])c2N4c2c(-c3c([2H])c([2H])c([2H])c([2H])c3[2H])c([2H])c(C(C)(C)C)c3c2oc2c([2H])c([2H])c([2H])c([2H])c23)c([2H])c1[2H]. The number of fused-ring (bicyclic) bond motifs is 16. The average molecular weight is 1250 g/mol. The number of furan rings is 2. The molecule has 0 saturated carbocycles. The summed E-state index contributed by atoms with van der Waals surface area (Å²) in [5, 5.41) is -4.33. The molecule has 0 saturated heterocycles. The van der Waals surface area contributed by atoms with E-state index in [2.05, 4.69) is 0 Å². The van der Waals surface area contributed by atoms with Gasteiger partial charge in [-0.1, -0.05) is 223 Å². The lowest BCUT2D eigenvalue weighted by Crippen LogP contribution is -2.61. The average Bonchev–Trinajstić information content (AvgIpc) is 1.07. The lowest BCUT2D eigenvalue weighted by molar-refractivity contribution is 0.595. The smallest absolute Gasteiger partial charge is 0.252 e. The van der Waals surface area contributed by atoms with Crippen LogP contribution in [0.2, 0.25) is 0 Å². The standard InChI is InChI=1S/C87H65BN4O2/c1-52-46-75-81-76(47-52)92(83-64(54-28-12-9-13-29-54)51-66(87(5,6)7)80-62-35-19-25-41-78(62)94-85(80)83)74-49-56(90-71-38-22-16-32-59(71)60-33-17-23-39-72(60)90)43-45-68(74)88(81)67-44-42-55(89-69-36-20-14-30-57(69)58-31-15-21-37-70(58)89)48-73(67)91(75)82-63(53-26-10-8-11-27-53)50-65(86(2,3)4)79-61-34-18-24-40-77(61)93-84(79)82/h8-51H,1-7H3/i8D,9D,10D,11D,12D,13D,14D,15D,16D,17D,18D,19D,20D,21D,22D,23D,24D,25D,26D,27D,28D,29D,30D,31D,32D,33D,34D,35D,36D,37D,38D,39D,40D,41D,42D,43D,44D,45D,48D,49D,50D,51D. The van der Waals surface area contributed by atoms with E-state index in [1.807, 2.05) is 0 Å². The molecule has 0 unspecified atom stereocenters. The second-order valence-corrected chi connectivity index (χ2v) is 24.8. The molecule has 6 heterocycles. The number of rotatable bonds is 6. The van der Waals surface area contributed by atoms with E-state index in [0.29, 0.717) is 9.13 Å². The Morgan fingerprint density at radius 3 is 1.07 bits per heavy atom. The van der Waals surface area contributed by atoms with Crippen LogP contribution >= 0.6 is 0 Å². The molecule has 0 aliphatic carbocycles. The summed E-state index contributed by atoms with van der Waals surface area (Å²) >= 11 is 0. The van der Waals surface area contributed by atoms with Crippen molar-refractivity contribution in [2.75, 3.05) is 9.80 Å². The van der Waals surface area contributed by atoms with Gasteiger partial charge in [0.2, 0.25) is 0 Å². The van der Waals surface area contributed by atoms with Crippen LogP contribution in [-0.4, -0.2) is 15.8 Å². The van der Waals surface area contributed by atoms with Crippen LogP contribution in [0.5, 0.6) is 0 Å². The molecule has 0 atom stereocenters. The second kappa shape index (κ2) is 19.9. The number of benzene rings is 13. The van der Waals surface area contributed by atoms with Crippen molar-refractivity contribution in [2.24, 2.45) is 0 Å². The highest BCUT2D eigenvalue weighted by molar-refractivity contribution is 7.00. The van der Waals surface area contributed by atoms with Crippen LogP contribution in [0.15, 0.2) is 275 Å². The molecule has 0 spiro atoms. The molecule has 13 aromatic carbocycles. The highest BCUT2D eigenvalue weighted by Gasteiger charge is 2.47. The number of aryl methyl sites for hydroxylation is 1. The molecular weight excluding hydrogens is 1140 g/mol. The first-order chi connectivity index (χ1) is 63.3. The van der Waals surface area contributed by atoms with Crippen molar-refractivity contribution in [1.29, 1.82) is 0 Å². The minimum absolute atomic E-state index is 0.104. The molecular formula is C87H65BN4O2. The zero-order valence-electron chi connectivity index (χ0n) is 92.3. The molecule has 7 heteroatoms. The van der Waals surface area contributed by atoms with Crippen molar-refractivity contribution in [3.8, 4) is 33.6 Å². The van der Waals surface area contributed by atoms with Crippen molar-refractivity contribution >= 4 is 145 Å². The van der Waals surface area contributed by atoms with Gasteiger partial charge in [0.05, 0.1) is 91.0 Å². The Morgan fingerprint density at radius 1 is 0.362 bits per heavy atom. The molecule has 2 aliphatic rings. The van der Waals surface area contributed by atoms with E-state index in [1.54, 1.807) is 41.5 Å². The Hall–Kier alpha value is -11.3. The van der Waals surface area contributed by atoms with Crippen molar-refractivity contribution in [1.82, 2.24) is 9.13 Å². The Bertz CT molecular complexity index is 7990. The maximum Gasteiger partial charge on any atom is 0.252 e. The van der Waals surface area contributed by atoms with Crippen molar-refractivity contribution in [3.05, 3.63) is 283 Å². The van der Waals surface area contributed by atoms with Crippen LogP contribution in [0.4, 0.5) is 34.1 Å². The summed E-state index contributed by atoms with van der Waals surface area (Å²) in [5.41, 5.74) is -21.8. The molecule has 0 amide bonds. The fraction of sp³-hybridized carbons (Fsp3) is 0.103. The van der Waals surface area contributed by atoms with Crippen molar-refractivity contribution in [3.63, 3.8) is 0 Å². The monoisotopic (exact) mass is 1250 g/mol. The molecule has 448 valence electrons. The van der Waals surface area contributed by atoms with E-state index in [0.717, 1.165) is 9.80 Å². The van der Waals surface area contributed by atoms with E-state index in [-0.39, 0.29) is 16.7 Å². The fourth-order valence-electron chi connectivity index (χ4n) is 13.5. The van der Waals surface area contributed by atoms with Gasteiger partial charge in [-0.2, -0.15) is 0 Å². The number of hydrogen-bond donors (Lipinski definition) is 0. The van der Waals surface area contributed by atoms with E-state index < -0.39 is 443 Å². The Morgan fingerprint density at radius 2 is 0.702 bits per heavy atom. The van der Waals surface area contributed by atoms with Crippen LogP contribution < -0.4 is 26.2 Å². The maximum absolute atomic E-state index is 11.6. The Kier molecular flexibility index (Phi) is 5.73. The summed E-state index contributed by atoms with van der Waals surface area (Å²) in [5.74, 6) is 0. The first kappa shape index (κ1) is 27.1. The minimum Gasteiger partial charge on any atom is -0.454 e. The summed E-state index contributed by atoms with van der Waals surface area (Å²) in [6.07, 6.45) is 0. The molecule has 4 aromatic heterocycles. The molecule has 0 N–H and O–H groups in total. The maximum atomic E-state index is 11.6. The van der Waals surface area contributed by atoms with Crippen LogP contribution in [0.3, 0.4) is 0 Å². The Labute approximate surface area is 604 Å². The van der Waals surface area contributed by atoms with Gasteiger partial charge in [-0.15, -0.1) is 0 Å². The minimum atomic E-state index is -2.35. The van der Waals surface area contributed by atoms with Gasteiger partial charge < -0.3 is 27.8 Å². The van der Waals surface area contributed by atoms with Gasteiger partial charge in [0.1, 0.15) is 11.2 Å². The molecule has 6 nitrogen and oxygen atoms in total. The first-order valence-corrected chi connectivity index (χ1v) is 29.5. The predicted molar refractivity (Wildman–Crippen MR) is 397 cm³/mol. The van der Waals surface area contributed by atoms with Gasteiger partial charge in [0.25, 0.3) is 6.71 Å². The fourth-order valence-corrected chi connectivity index (χ4v) is 13.5. The highest BCUT2D eigenvalue weighted by Crippen LogP contribution is 2.56. The van der Waals surface area contributed by atoms with Crippen molar-refractivity contribution in [2.45, 2.75) is 59.3 Å². The van der Waals surface area contributed by atoms with Crippen LogP contribution in [0.25, 0.3) is 121 Å². The number of nitrogens with zero attached hydrogens (tertiary/aromatic N) is 4. The van der Waals surface area contributed by atoms with Gasteiger partial charge in [-0.25, -0.2) is 0 Å². The lowest BCUT2D eigenvalue weighted by Gasteiger charge is -2.45. The number of aromatic nitrogens is 2. The van der Waals surface area contributed by atoms with Gasteiger partial charge in [-0.05, 0) is 147 Å². The largest absolute Gasteiger partial charge is 0.454 e. The van der Waals surface area contributed by atoms with Gasteiger partial charge >= 0.3 is 0 Å². The van der Waals surface area contributed by atoms with E-state index in [4.69, 9.17) is 17.1 Å². The second-order valence-electron chi connectivity index (χ2n) is 24.8. The zero-order chi connectivity index (χ0) is 99.6. The van der Waals surface area contributed by atoms with E-state index in [1.165, 1.54) is 19.1 Å². The summed E-state index contributed by atoms with van der Waals surface area (Å²) in [4.78, 5) is 1.97. The molecule has 94 heavy (non-hydrogen) atoms. The quantitative estimate of drug-likeness (QED) is 0.156. The molecule has 0 radical (unpaired) electrons. The van der Waals surface area contributed by atoms with E-state index >= 15 is 0 Å². The number of para-hydroxylation sites is 6. The van der Waals surface area contributed by atoms with Crippen LogP contribution in [-0.2, 0) is 10.8 Å². The topological polar surface area (TPSA) is 42.6 Å².